The number of nitrogens with zero attached hydrogens (tertiary/aromatic N) is 2. The van der Waals surface area contributed by atoms with E-state index < -0.39 is 53.8 Å². The van der Waals surface area contributed by atoms with Crippen LogP contribution in [0.25, 0.3) is 0 Å². The van der Waals surface area contributed by atoms with Gasteiger partial charge in [-0.15, -0.1) is 0 Å². The smallest absolute Gasteiger partial charge is 0.326 e. The fraction of sp³-hybridized carbons (Fsp3) is 0.696. The molecule has 0 bridgehead atoms. The summed E-state index contributed by atoms with van der Waals surface area (Å²) in [5.74, 6) is -4.70. The van der Waals surface area contributed by atoms with E-state index in [4.69, 9.17) is 34.4 Å². The summed E-state index contributed by atoms with van der Waals surface area (Å²) < 4.78 is 0. The number of nitrogens with one attached hydrogen (secondary N) is 3. The molecular weight excluding hydrogens is 526 g/mol. The number of hydrogen-bond donors (Lipinski definition) is 10. The largest absolute Gasteiger partial charge is 0.480 e. The number of carbonyl (C=O) groups excluding carboxylic acids is 4. The average Bonchev–Trinajstić information content (AvgIpc) is 2.87. The third kappa shape index (κ3) is 15.3. The maximum atomic E-state index is 13.3. The van der Waals surface area contributed by atoms with Crippen molar-refractivity contribution < 1.29 is 29.1 Å². The lowest BCUT2D eigenvalue weighted by Gasteiger charge is -2.26. The molecule has 16 N–H and O–H groups in total. The van der Waals surface area contributed by atoms with E-state index in [0.717, 1.165) is 0 Å². The lowest BCUT2D eigenvalue weighted by atomic mass is 9.98. The van der Waals surface area contributed by atoms with Gasteiger partial charge in [0.1, 0.15) is 18.1 Å². The lowest BCUT2D eigenvalue weighted by molar-refractivity contribution is -0.144. The Morgan fingerprint density at radius 1 is 0.750 bits per heavy atom. The molecular formula is C23H45N11O6. The lowest BCUT2D eigenvalue weighted by Crippen LogP contribution is -2.57. The molecule has 17 heteroatoms. The van der Waals surface area contributed by atoms with Gasteiger partial charge in [-0.25, -0.2) is 4.79 Å². The van der Waals surface area contributed by atoms with Gasteiger partial charge in [0.25, 0.3) is 0 Å². The van der Waals surface area contributed by atoms with Crippen molar-refractivity contribution in [2.45, 2.75) is 83.0 Å². The summed E-state index contributed by atoms with van der Waals surface area (Å²) in [6.45, 7) is 3.77. The van der Waals surface area contributed by atoms with E-state index in [1.807, 2.05) is 0 Å². The van der Waals surface area contributed by atoms with Gasteiger partial charge < -0.3 is 55.5 Å². The number of rotatable bonds is 20. The number of aliphatic imine (C=N–C) groups is 2. The molecule has 0 aromatic rings. The minimum atomic E-state index is -1.22. The SMILES string of the molecule is CCC(C)C(NC(=O)C(CCCN=C(N)N)NC(=O)C(CCCN=C(N)N)NC(=O)C(N)CCC(N)=O)C(=O)O. The van der Waals surface area contributed by atoms with Crippen LogP contribution < -0.4 is 50.4 Å². The molecule has 0 aromatic heterocycles. The summed E-state index contributed by atoms with van der Waals surface area (Å²) in [6, 6.07) is -4.63. The van der Waals surface area contributed by atoms with Crippen molar-refractivity contribution in [3.05, 3.63) is 0 Å². The van der Waals surface area contributed by atoms with Gasteiger partial charge >= 0.3 is 5.97 Å². The number of primary amides is 1. The van der Waals surface area contributed by atoms with Crippen LogP contribution in [0.4, 0.5) is 0 Å². The second-order valence-electron chi connectivity index (χ2n) is 9.34. The Hall–Kier alpha value is -4.15. The molecule has 5 atom stereocenters. The highest BCUT2D eigenvalue weighted by Gasteiger charge is 2.31. The molecule has 0 aliphatic heterocycles. The fourth-order valence-corrected chi connectivity index (χ4v) is 3.46. The maximum absolute atomic E-state index is 13.3. The molecule has 0 radical (unpaired) electrons. The number of carboxylic acids is 1. The predicted octanol–water partition coefficient (Wildman–Crippen LogP) is -3.73. The van der Waals surface area contributed by atoms with Crippen molar-refractivity contribution in [3.63, 3.8) is 0 Å². The number of aliphatic carboxylic acids is 1. The zero-order valence-corrected chi connectivity index (χ0v) is 23.1. The van der Waals surface area contributed by atoms with Gasteiger partial charge in [0.15, 0.2) is 11.9 Å². The quantitative estimate of drug-likeness (QED) is 0.0384. The second kappa shape index (κ2) is 19.0. The summed E-state index contributed by atoms with van der Waals surface area (Å²) in [5, 5.41) is 17.2. The molecule has 0 saturated carbocycles. The van der Waals surface area contributed by atoms with Crippen LogP contribution in [0.2, 0.25) is 0 Å². The van der Waals surface area contributed by atoms with Gasteiger partial charge in [0, 0.05) is 19.5 Å². The minimum Gasteiger partial charge on any atom is -0.480 e. The standard InChI is InChI=1S/C23H45N11O6/c1-3-12(2)17(21(39)40)34-20(38)15(7-5-11-31-23(28)29)33-19(37)14(6-4-10-30-22(26)27)32-18(36)13(24)8-9-16(25)35/h12-15,17H,3-11,24H2,1-2H3,(H2,25,35)(H,32,36)(H,33,37)(H,34,38)(H,39,40)(H4,26,27,30)(H4,28,29,31). The van der Waals surface area contributed by atoms with Crippen LogP contribution in [0, 0.1) is 5.92 Å². The van der Waals surface area contributed by atoms with E-state index in [2.05, 4.69) is 25.9 Å². The first-order valence-electron chi connectivity index (χ1n) is 13.0. The number of guanidine groups is 2. The van der Waals surface area contributed by atoms with Gasteiger partial charge in [-0.05, 0) is 38.0 Å². The van der Waals surface area contributed by atoms with Crippen molar-refractivity contribution >= 4 is 41.5 Å². The summed E-state index contributed by atoms with van der Waals surface area (Å²) >= 11 is 0. The normalized spacial score (nSPS) is 14.4. The molecule has 17 nitrogen and oxygen atoms in total. The van der Waals surface area contributed by atoms with Gasteiger partial charge in [0.05, 0.1) is 6.04 Å². The van der Waals surface area contributed by atoms with Crippen LogP contribution in [0.5, 0.6) is 0 Å². The summed E-state index contributed by atoms with van der Waals surface area (Å²) in [6.07, 6.45) is 1.01. The van der Waals surface area contributed by atoms with E-state index >= 15 is 0 Å². The molecule has 0 rings (SSSR count). The van der Waals surface area contributed by atoms with Crippen LogP contribution in [-0.4, -0.2) is 83.9 Å². The highest BCUT2D eigenvalue weighted by Crippen LogP contribution is 2.10. The molecule has 0 aliphatic rings. The fourth-order valence-electron chi connectivity index (χ4n) is 3.46. The van der Waals surface area contributed by atoms with E-state index in [1.165, 1.54) is 0 Å². The average molecular weight is 572 g/mol. The third-order valence-electron chi connectivity index (χ3n) is 5.97. The molecule has 5 unspecified atom stereocenters. The number of carbonyl (C=O) groups is 5. The third-order valence-corrected chi connectivity index (χ3v) is 5.97. The zero-order valence-electron chi connectivity index (χ0n) is 23.1. The molecule has 228 valence electrons. The van der Waals surface area contributed by atoms with Crippen molar-refractivity contribution in [1.82, 2.24) is 16.0 Å². The van der Waals surface area contributed by atoms with Crippen LogP contribution in [-0.2, 0) is 24.0 Å². The second-order valence-corrected chi connectivity index (χ2v) is 9.34. The monoisotopic (exact) mass is 571 g/mol. The number of carboxylic acid groups (broad SMARTS) is 1. The van der Waals surface area contributed by atoms with Crippen molar-refractivity contribution in [2.24, 2.45) is 50.3 Å². The van der Waals surface area contributed by atoms with E-state index in [0.29, 0.717) is 6.42 Å². The first kappa shape index (κ1) is 35.9. The van der Waals surface area contributed by atoms with Crippen LogP contribution in [0.15, 0.2) is 9.98 Å². The van der Waals surface area contributed by atoms with Gasteiger partial charge in [-0.1, -0.05) is 20.3 Å². The summed E-state index contributed by atoms with van der Waals surface area (Å²) in [4.78, 5) is 69.5. The Morgan fingerprint density at radius 2 is 1.20 bits per heavy atom. The molecule has 4 amide bonds. The number of amides is 4. The highest BCUT2D eigenvalue weighted by molar-refractivity contribution is 5.94. The Bertz CT molecular complexity index is 919. The zero-order chi connectivity index (χ0) is 30.8. The Morgan fingerprint density at radius 3 is 1.60 bits per heavy atom. The molecule has 0 fully saturated rings. The first-order valence-corrected chi connectivity index (χ1v) is 13.0. The number of hydrogen-bond acceptors (Lipinski definition) is 8. The first-order chi connectivity index (χ1) is 18.7. The Labute approximate surface area is 233 Å². The summed E-state index contributed by atoms with van der Waals surface area (Å²) in [7, 11) is 0. The van der Waals surface area contributed by atoms with Crippen LogP contribution in [0.3, 0.4) is 0 Å². The predicted molar refractivity (Wildman–Crippen MR) is 149 cm³/mol. The minimum absolute atomic E-state index is 0.0362. The van der Waals surface area contributed by atoms with E-state index in [-0.39, 0.29) is 69.5 Å². The van der Waals surface area contributed by atoms with Crippen molar-refractivity contribution in [3.8, 4) is 0 Å². The van der Waals surface area contributed by atoms with Crippen LogP contribution in [0.1, 0.15) is 58.8 Å². The van der Waals surface area contributed by atoms with Crippen LogP contribution >= 0.6 is 0 Å². The van der Waals surface area contributed by atoms with E-state index in [9.17, 15) is 29.1 Å². The molecule has 40 heavy (non-hydrogen) atoms. The topological polar surface area (TPSA) is 323 Å². The number of nitrogens with two attached hydrogens (primary N) is 6. The van der Waals surface area contributed by atoms with Gasteiger partial charge in [0.2, 0.25) is 23.6 Å². The Kier molecular flexibility index (Phi) is 17.0. The molecule has 0 aromatic carbocycles. The van der Waals surface area contributed by atoms with E-state index in [1.54, 1.807) is 13.8 Å². The molecule has 0 spiro atoms. The van der Waals surface area contributed by atoms with Gasteiger partial charge in [-0.2, -0.15) is 0 Å². The molecule has 0 saturated heterocycles. The maximum Gasteiger partial charge on any atom is 0.326 e. The van der Waals surface area contributed by atoms with Crippen molar-refractivity contribution in [2.75, 3.05) is 13.1 Å². The molecule has 0 aliphatic carbocycles. The summed E-state index contributed by atoms with van der Waals surface area (Å²) in [5.41, 5.74) is 32.3. The van der Waals surface area contributed by atoms with Crippen molar-refractivity contribution in [1.29, 1.82) is 0 Å². The Balaban J connectivity index is 5.81. The highest BCUT2D eigenvalue weighted by atomic mass is 16.4. The van der Waals surface area contributed by atoms with Gasteiger partial charge in [-0.3, -0.25) is 29.2 Å². The molecule has 0 heterocycles.